The number of methoxy groups -OCH3 is 1. The Hall–Kier alpha value is -1.62. The first kappa shape index (κ1) is 12.8. The van der Waals surface area contributed by atoms with E-state index in [1.54, 1.807) is 6.07 Å². The van der Waals surface area contributed by atoms with Gasteiger partial charge in [0.1, 0.15) is 11.6 Å². The van der Waals surface area contributed by atoms with Gasteiger partial charge < -0.3 is 15.8 Å². The Morgan fingerprint density at radius 1 is 1.50 bits per heavy atom. The minimum atomic E-state index is -0.585. The van der Waals surface area contributed by atoms with Gasteiger partial charge in [0.05, 0.1) is 12.7 Å². The predicted octanol–water partition coefficient (Wildman–Crippen LogP) is 1.44. The maximum atomic E-state index is 13.7. The highest BCUT2D eigenvalue weighted by molar-refractivity contribution is 5.94. The normalized spacial score (nSPS) is 22.8. The number of carbonyl (C=O) groups is 1. The molecule has 1 aliphatic rings. The molecule has 2 atom stereocenters. The van der Waals surface area contributed by atoms with Crippen molar-refractivity contribution in [3.8, 4) is 5.75 Å². The number of nitrogens with two attached hydrogens (primary N) is 1. The molecule has 1 saturated carbocycles. The lowest BCUT2D eigenvalue weighted by atomic mass is 10.1. The predicted molar refractivity (Wildman–Crippen MR) is 66.0 cm³/mol. The van der Waals surface area contributed by atoms with Crippen molar-refractivity contribution in [2.75, 3.05) is 7.11 Å². The molecule has 0 spiro atoms. The van der Waals surface area contributed by atoms with E-state index in [2.05, 4.69) is 5.32 Å². The van der Waals surface area contributed by atoms with Crippen LogP contribution in [0.25, 0.3) is 0 Å². The van der Waals surface area contributed by atoms with E-state index in [0.29, 0.717) is 5.75 Å². The Balaban J connectivity index is 2.09. The van der Waals surface area contributed by atoms with Crippen LogP contribution < -0.4 is 15.8 Å². The van der Waals surface area contributed by atoms with Gasteiger partial charge in [-0.25, -0.2) is 4.39 Å². The van der Waals surface area contributed by atoms with Gasteiger partial charge in [0.25, 0.3) is 5.91 Å². The van der Waals surface area contributed by atoms with Crippen molar-refractivity contribution in [1.29, 1.82) is 0 Å². The van der Waals surface area contributed by atoms with E-state index in [1.807, 2.05) is 0 Å². The number of benzene rings is 1. The fraction of sp³-hybridized carbons (Fsp3) is 0.462. The molecule has 2 rings (SSSR count). The van der Waals surface area contributed by atoms with Crippen LogP contribution in [-0.4, -0.2) is 25.1 Å². The highest BCUT2D eigenvalue weighted by Crippen LogP contribution is 2.19. The fourth-order valence-corrected chi connectivity index (χ4v) is 2.22. The van der Waals surface area contributed by atoms with Crippen molar-refractivity contribution in [2.24, 2.45) is 5.73 Å². The van der Waals surface area contributed by atoms with Crippen LogP contribution in [0, 0.1) is 5.82 Å². The summed E-state index contributed by atoms with van der Waals surface area (Å²) in [5.41, 5.74) is 5.88. The molecule has 0 heterocycles. The van der Waals surface area contributed by atoms with Crippen molar-refractivity contribution >= 4 is 5.91 Å². The average Bonchev–Trinajstić information content (AvgIpc) is 2.74. The summed E-state index contributed by atoms with van der Waals surface area (Å²) in [6.45, 7) is 0. The van der Waals surface area contributed by atoms with Crippen molar-refractivity contribution in [2.45, 2.75) is 31.3 Å². The molecule has 0 radical (unpaired) electrons. The molecule has 3 N–H and O–H groups in total. The zero-order chi connectivity index (χ0) is 13.1. The highest BCUT2D eigenvalue weighted by Gasteiger charge is 2.26. The lowest BCUT2D eigenvalue weighted by Gasteiger charge is -2.17. The van der Waals surface area contributed by atoms with Crippen LogP contribution in [0.2, 0.25) is 0 Å². The number of carbonyl (C=O) groups excluding carboxylic acids is 1. The van der Waals surface area contributed by atoms with E-state index >= 15 is 0 Å². The molecule has 1 aromatic rings. The van der Waals surface area contributed by atoms with Crippen LogP contribution in [0.15, 0.2) is 18.2 Å². The molecule has 4 nitrogen and oxygen atoms in total. The van der Waals surface area contributed by atoms with Crippen LogP contribution in [0.3, 0.4) is 0 Å². The Kier molecular flexibility index (Phi) is 3.81. The van der Waals surface area contributed by atoms with Gasteiger partial charge in [0, 0.05) is 18.2 Å². The van der Waals surface area contributed by atoms with Gasteiger partial charge in [0.15, 0.2) is 0 Å². The van der Waals surface area contributed by atoms with Gasteiger partial charge in [0.2, 0.25) is 0 Å². The first-order chi connectivity index (χ1) is 8.61. The summed E-state index contributed by atoms with van der Waals surface area (Å²) in [6.07, 6.45) is 2.75. The van der Waals surface area contributed by atoms with E-state index in [-0.39, 0.29) is 17.6 Å². The number of hydrogen-bond donors (Lipinski definition) is 2. The zero-order valence-corrected chi connectivity index (χ0v) is 10.3. The van der Waals surface area contributed by atoms with Crippen LogP contribution in [-0.2, 0) is 0 Å². The zero-order valence-electron chi connectivity index (χ0n) is 10.3. The van der Waals surface area contributed by atoms with Crippen molar-refractivity contribution in [3.05, 3.63) is 29.6 Å². The summed E-state index contributed by atoms with van der Waals surface area (Å²) < 4.78 is 18.6. The molecule has 1 aromatic carbocycles. The second kappa shape index (κ2) is 5.35. The van der Waals surface area contributed by atoms with Gasteiger partial charge in [-0.05, 0) is 31.4 Å². The van der Waals surface area contributed by atoms with Crippen molar-refractivity contribution < 1.29 is 13.9 Å². The van der Waals surface area contributed by atoms with Gasteiger partial charge in [-0.15, -0.1) is 0 Å². The average molecular weight is 252 g/mol. The molecule has 0 aromatic heterocycles. The van der Waals surface area contributed by atoms with E-state index in [1.165, 1.54) is 19.2 Å². The molecule has 98 valence electrons. The van der Waals surface area contributed by atoms with Crippen LogP contribution in [0.5, 0.6) is 5.75 Å². The second-order valence-corrected chi connectivity index (χ2v) is 4.52. The quantitative estimate of drug-likeness (QED) is 0.855. The Bertz CT molecular complexity index is 451. The second-order valence-electron chi connectivity index (χ2n) is 4.52. The Morgan fingerprint density at radius 2 is 2.28 bits per heavy atom. The van der Waals surface area contributed by atoms with E-state index < -0.39 is 11.7 Å². The Labute approximate surface area is 105 Å². The minimum Gasteiger partial charge on any atom is -0.497 e. The standard InChI is InChI=1S/C13H17FN2O2/c1-18-8-5-6-9(10(14)7-8)13(17)16-12-4-2-3-11(12)15/h5-7,11-12H,2-4,15H2,1H3,(H,16,17). The third-order valence-electron chi connectivity index (χ3n) is 3.31. The van der Waals surface area contributed by atoms with Crippen LogP contribution in [0.4, 0.5) is 4.39 Å². The summed E-state index contributed by atoms with van der Waals surface area (Å²) in [5, 5.41) is 2.78. The molecular weight excluding hydrogens is 235 g/mol. The monoisotopic (exact) mass is 252 g/mol. The number of nitrogens with one attached hydrogen (secondary N) is 1. The lowest BCUT2D eigenvalue weighted by Crippen LogP contribution is -2.44. The largest absolute Gasteiger partial charge is 0.497 e. The number of hydrogen-bond acceptors (Lipinski definition) is 3. The molecule has 1 fully saturated rings. The van der Waals surface area contributed by atoms with Gasteiger partial charge in [-0.3, -0.25) is 4.79 Å². The molecule has 18 heavy (non-hydrogen) atoms. The number of ether oxygens (including phenoxy) is 1. The molecule has 2 unspecified atom stereocenters. The van der Waals surface area contributed by atoms with Crippen molar-refractivity contribution in [3.63, 3.8) is 0 Å². The molecule has 0 saturated heterocycles. The smallest absolute Gasteiger partial charge is 0.254 e. The fourth-order valence-electron chi connectivity index (χ4n) is 2.22. The first-order valence-electron chi connectivity index (χ1n) is 6.02. The summed E-state index contributed by atoms with van der Waals surface area (Å²) in [6, 6.07) is 4.09. The van der Waals surface area contributed by atoms with E-state index in [0.717, 1.165) is 19.3 Å². The topological polar surface area (TPSA) is 64.3 Å². The van der Waals surface area contributed by atoms with Crippen LogP contribution >= 0.6 is 0 Å². The van der Waals surface area contributed by atoms with Gasteiger partial charge >= 0.3 is 0 Å². The summed E-state index contributed by atoms with van der Waals surface area (Å²) in [4.78, 5) is 11.9. The van der Waals surface area contributed by atoms with Gasteiger partial charge in [-0.1, -0.05) is 0 Å². The first-order valence-corrected chi connectivity index (χ1v) is 6.02. The summed E-state index contributed by atoms with van der Waals surface area (Å²) >= 11 is 0. The molecule has 0 bridgehead atoms. The third-order valence-corrected chi connectivity index (χ3v) is 3.31. The number of halogens is 1. The molecular formula is C13H17FN2O2. The van der Waals surface area contributed by atoms with Crippen LogP contribution in [0.1, 0.15) is 29.6 Å². The number of rotatable bonds is 3. The van der Waals surface area contributed by atoms with E-state index in [4.69, 9.17) is 10.5 Å². The summed E-state index contributed by atoms with van der Waals surface area (Å²) in [5.74, 6) is -0.613. The molecule has 0 aliphatic heterocycles. The number of amides is 1. The molecule has 1 aliphatic carbocycles. The Morgan fingerprint density at radius 3 is 2.83 bits per heavy atom. The maximum absolute atomic E-state index is 13.7. The molecule has 5 heteroatoms. The van der Waals surface area contributed by atoms with Crippen molar-refractivity contribution in [1.82, 2.24) is 5.32 Å². The highest BCUT2D eigenvalue weighted by atomic mass is 19.1. The minimum absolute atomic E-state index is 0.0231. The van der Waals surface area contributed by atoms with E-state index in [9.17, 15) is 9.18 Å². The van der Waals surface area contributed by atoms with Gasteiger partial charge in [-0.2, -0.15) is 0 Å². The third kappa shape index (κ3) is 2.61. The molecule has 1 amide bonds. The lowest BCUT2D eigenvalue weighted by molar-refractivity contribution is 0.0930. The maximum Gasteiger partial charge on any atom is 0.254 e. The SMILES string of the molecule is COc1ccc(C(=O)NC2CCCC2N)c(F)c1. The summed E-state index contributed by atoms with van der Waals surface area (Å²) in [7, 11) is 1.45.